The lowest BCUT2D eigenvalue weighted by Crippen LogP contribution is -2.51. The van der Waals surface area contributed by atoms with Gasteiger partial charge in [-0.3, -0.25) is 14.2 Å². The zero-order valence-electron chi connectivity index (χ0n) is 21.9. The summed E-state index contributed by atoms with van der Waals surface area (Å²) in [4.78, 5) is 35.7. The Labute approximate surface area is 225 Å². The minimum atomic E-state index is -3.91. The summed E-state index contributed by atoms with van der Waals surface area (Å²) in [5.74, 6) is -1.30. The first kappa shape index (κ1) is 28.8. The number of hydrogen-bond acceptors (Lipinski definition) is 8. The summed E-state index contributed by atoms with van der Waals surface area (Å²) in [6.45, 7) is 1.60. The molecular weight excluding hydrogens is 529 g/mol. The lowest BCUT2D eigenvalue weighted by molar-refractivity contribution is -0.201. The van der Waals surface area contributed by atoms with Crippen LogP contribution in [0.3, 0.4) is 0 Å². The number of hydrogen-bond donors (Lipinski definition) is 2. The van der Waals surface area contributed by atoms with Crippen LogP contribution in [0.25, 0.3) is 22.0 Å². The fourth-order valence-corrected chi connectivity index (χ4v) is 5.24. The smallest absolute Gasteiger partial charge is 0.264 e. The van der Waals surface area contributed by atoms with Gasteiger partial charge in [0.05, 0.1) is 17.2 Å². The molecular formula is C27H32FN3O7S. The van der Waals surface area contributed by atoms with Crippen molar-refractivity contribution < 1.29 is 32.3 Å². The fourth-order valence-electron chi connectivity index (χ4n) is 4.39. The first-order valence-corrected chi connectivity index (χ1v) is 14.6. The summed E-state index contributed by atoms with van der Waals surface area (Å²) in [5.41, 5.74) is 3.68. The Kier molecular flexibility index (Phi) is 8.80. The summed E-state index contributed by atoms with van der Waals surface area (Å²) in [6.07, 6.45) is 4.08. The normalized spacial score (nSPS) is 17.6. The SMILES string of the molecule is C[C@@](CCn1cnc2cc(-c3ccc(CCO)cc3F)ccc2c1=O)(C(=O)NOC1CCCCO1)S(C)(=O)=O. The van der Waals surface area contributed by atoms with Crippen molar-refractivity contribution in [2.24, 2.45) is 0 Å². The molecule has 0 spiro atoms. The van der Waals surface area contributed by atoms with Crippen molar-refractivity contribution in [2.75, 3.05) is 19.5 Å². The number of benzene rings is 2. The first-order chi connectivity index (χ1) is 18.5. The van der Waals surface area contributed by atoms with Crippen LogP contribution in [0, 0.1) is 5.82 Å². The summed E-state index contributed by atoms with van der Waals surface area (Å²) >= 11 is 0. The number of carbonyl (C=O) groups excluding carboxylic acids is 1. The molecule has 10 nitrogen and oxygen atoms in total. The molecule has 2 atom stereocenters. The van der Waals surface area contributed by atoms with Crippen LogP contribution >= 0.6 is 0 Å². The van der Waals surface area contributed by atoms with Crippen molar-refractivity contribution in [2.45, 2.75) is 56.6 Å². The van der Waals surface area contributed by atoms with E-state index in [0.717, 1.165) is 19.1 Å². The minimum absolute atomic E-state index is 0.0812. The Bertz CT molecular complexity index is 1520. The van der Waals surface area contributed by atoms with Crippen LogP contribution in [0.1, 0.15) is 38.2 Å². The predicted molar refractivity (Wildman–Crippen MR) is 143 cm³/mol. The highest BCUT2D eigenvalue weighted by Crippen LogP contribution is 2.27. The molecule has 1 unspecified atom stereocenters. The number of ether oxygens (including phenoxy) is 1. The van der Waals surface area contributed by atoms with Crippen LogP contribution in [0.2, 0.25) is 0 Å². The molecule has 4 rings (SSSR count). The number of fused-ring (bicyclic) bond motifs is 1. The summed E-state index contributed by atoms with van der Waals surface area (Å²) in [7, 11) is -3.91. The van der Waals surface area contributed by atoms with Gasteiger partial charge in [-0.25, -0.2) is 28.1 Å². The lowest BCUT2D eigenvalue weighted by Gasteiger charge is -2.28. The van der Waals surface area contributed by atoms with Gasteiger partial charge in [0, 0.05) is 38.0 Å². The van der Waals surface area contributed by atoms with Crippen LogP contribution in [0.4, 0.5) is 4.39 Å². The molecule has 1 aliphatic heterocycles. The maximum atomic E-state index is 14.7. The van der Waals surface area contributed by atoms with Crippen molar-refractivity contribution in [3.05, 3.63) is 64.5 Å². The monoisotopic (exact) mass is 561 g/mol. The van der Waals surface area contributed by atoms with Crippen molar-refractivity contribution >= 4 is 26.6 Å². The van der Waals surface area contributed by atoms with Crippen molar-refractivity contribution in [3.63, 3.8) is 0 Å². The molecule has 0 bridgehead atoms. The third-order valence-corrected chi connectivity index (χ3v) is 9.15. The molecule has 1 amide bonds. The number of nitrogens with one attached hydrogen (secondary N) is 1. The Morgan fingerprint density at radius 1 is 1.28 bits per heavy atom. The quantitative estimate of drug-likeness (QED) is 0.361. The van der Waals surface area contributed by atoms with E-state index in [1.54, 1.807) is 24.3 Å². The van der Waals surface area contributed by atoms with Gasteiger partial charge in [0.1, 0.15) is 5.82 Å². The molecule has 1 aromatic heterocycles. The average Bonchev–Trinajstić information content (AvgIpc) is 2.91. The number of aromatic nitrogens is 2. The van der Waals surface area contributed by atoms with Crippen molar-refractivity contribution in [3.8, 4) is 11.1 Å². The standard InChI is InChI=1S/C27H32FN3O7S/c1-27(39(2,35)36,26(34)30-38-24-5-3-4-14-37-24)11-12-31-17-29-23-16-19(7-9-21(23)25(31)33)20-8-6-18(10-13-32)15-22(20)28/h6-9,15-17,24,32H,3-5,10-14H2,1-2H3,(H,30,34)/t24?,27-/m1/s1. The number of aliphatic hydroxyl groups is 1. The topological polar surface area (TPSA) is 137 Å². The van der Waals surface area contributed by atoms with E-state index in [-0.39, 0.29) is 25.0 Å². The third-order valence-electron chi connectivity index (χ3n) is 7.12. The number of halogens is 1. The van der Waals surface area contributed by atoms with E-state index in [2.05, 4.69) is 10.5 Å². The highest BCUT2D eigenvalue weighted by atomic mass is 32.2. The molecule has 1 aliphatic rings. The molecule has 0 saturated carbocycles. The van der Waals surface area contributed by atoms with E-state index in [4.69, 9.17) is 14.7 Å². The number of nitrogens with zero attached hydrogens (tertiary/aromatic N) is 2. The Balaban J connectivity index is 1.53. The van der Waals surface area contributed by atoms with E-state index in [9.17, 15) is 22.4 Å². The van der Waals surface area contributed by atoms with Crippen LogP contribution < -0.4 is 11.0 Å². The van der Waals surface area contributed by atoms with Gasteiger partial charge in [-0.15, -0.1) is 0 Å². The predicted octanol–water partition coefficient (Wildman–Crippen LogP) is 2.51. The molecule has 2 N–H and O–H groups in total. The third kappa shape index (κ3) is 6.35. The van der Waals surface area contributed by atoms with Gasteiger partial charge in [-0.05, 0) is 61.9 Å². The molecule has 2 heterocycles. The molecule has 0 radical (unpaired) electrons. The number of carbonyl (C=O) groups is 1. The van der Waals surface area contributed by atoms with Gasteiger partial charge in [0.2, 0.25) is 0 Å². The summed E-state index contributed by atoms with van der Waals surface area (Å²) in [6, 6.07) is 9.46. The number of rotatable bonds is 10. The van der Waals surface area contributed by atoms with Gasteiger partial charge in [-0.2, -0.15) is 0 Å². The van der Waals surface area contributed by atoms with E-state index < -0.39 is 38.2 Å². The number of sulfone groups is 1. The maximum absolute atomic E-state index is 14.7. The van der Waals surface area contributed by atoms with E-state index in [1.807, 2.05) is 0 Å². The van der Waals surface area contributed by atoms with E-state index in [0.29, 0.717) is 41.7 Å². The second-order valence-electron chi connectivity index (χ2n) is 9.86. The molecule has 39 heavy (non-hydrogen) atoms. The van der Waals surface area contributed by atoms with Gasteiger partial charge in [0.25, 0.3) is 11.5 Å². The second kappa shape index (κ2) is 11.9. The molecule has 3 aromatic rings. The molecule has 0 aliphatic carbocycles. The molecule has 1 fully saturated rings. The molecule has 1 saturated heterocycles. The van der Waals surface area contributed by atoms with Crippen LogP contribution in [0.15, 0.2) is 47.5 Å². The highest BCUT2D eigenvalue weighted by Gasteiger charge is 2.44. The Hall–Kier alpha value is -3.19. The summed E-state index contributed by atoms with van der Waals surface area (Å²) < 4.78 is 44.7. The summed E-state index contributed by atoms with van der Waals surface area (Å²) in [5, 5.41) is 9.33. The Morgan fingerprint density at radius 2 is 2.08 bits per heavy atom. The van der Waals surface area contributed by atoms with Gasteiger partial charge in [-0.1, -0.05) is 18.2 Å². The van der Waals surface area contributed by atoms with Gasteiger partial charge in [0.15, 0.2) is 20.9 Å². The number of amides is 1. The van der Waals surface area contributed by atoms with Crippen molar-refractivity contribution in [1.82, 2.24) is 15.0 Å². The first-order valence-electron chi connectivity index (χ1n) is 12.7. The van der Waals surface area contributed by atoms with Crippen LogP contribution in [-0.4, -0.2) is 59.5 Å². The minimum Gasteiger partial charge on any atom is -0.396 e. The largest absolute Gasteiger partial charge is 0.396 e. The number of hydroxylamine groups is 1. The fraction of sp³-hybridized carbons (Fsp3) is 0.444. The van der Waals surface area contributed by atoms with Gasteiger partial charge >= 0.3 is 0 Å². The van der Waals surface area contributed by atoms with E-state index in [1.165, 1.54) is 30.0 Å². The zero-order chi connectivity index (χ0) is 28.2. The van der Waals surface area contributed by atoms with E-state index >= 15 is 0 Å². The molecule has 2 aromatic carbocycles. The van der Waals surface area contributed by atoms with Gasteiger partial charge < -0.3 is 9.84 Å². The number of aliphatic hydroxyl groups excluding tert-OH is 1. The number of aryl methyl sites for hydroxylation is 1. The highest BCUT2D eigenvalue weighted by molar-refractivity contribution is 7.92. The van der Waals surface area contributed by atoms with Crippen LogP contribution in [-0.2, 0) is 37.2 Å². The lowest BCUT2D eigenvalue weighted by atomic mass is 10.0. The molecule has 210 valence electrons. The average molecular weight is 562 g/mol. The molecule has 12 heteroatoms. The maximum Gasteiger partial charge on any atom is 0.264 e. The Morgan fingerprint density at radius 3 is 2.74 bits per heavy atom. The zero-order valence-corrected chi connectivity index (χ0v) is 22.7. The second-order valence-corrected chi connectivity index (χ2v) is 12.3. The van der Waals surface area contributed by atoms with Crippen molar-refractivity contribution in [1.29, 1.82) is 0 Å². The van der Waals surface area contributed by atoms with Crippen LogP contribution in [0.5, 0.6) is 0 Å².